The van der Waals surface area contributed by atoms with Gasteiger partial charge in [0.15, 0.2) is 0 Å². The van der Waals surface area contributed by atoms with E-state index < -0.39 is 6.04 Å². The molecule has 3 aromatic rings. The van der Waals surface area contributed by atoms with Crippen LogP contribution in [0.3, 0.4) is 0 Å². The van der Waals surface area contributed by atoms with Crippen LogP contribution < -0.4 is 5.32 Å². The third-order valence-corrected chi connectivity index (χ3v) is 3.81. The van der Waals surface area contributed by atoms with Crippen LogP contribution in [-0.2, 0) is 7.05 Å². The summed E-state index contributed by atoms with van der Waals surface area (Å²) in [6.45, 7) is -0.170. The van der Waals surface area contributed by atoms with E-state index in [4.69, 9.17) is 0 Å². The predicted octanol–water partition coefficient (Wildman–Crippen LogP) is 2.55. The van der Waals surface area contributed by atoms with Crippen molar-refractivity contribution in [3.05, 3.63) is 78.0 Å². The van der Waals surface area contributed by atoms with Gasteiger partial charge < -0.3 is 10.4 Å². The fourth-order valence-corrected chi connectivity index (χ4v) is 2.62. The molecule has 24 heavy (non-hydrogen) atoms. The lowest BCUT2D eigenvalue weighted by Crippen LogP contribution is -2.30. The highest BCUT2D eigenvalue weighted by atomic mass is 16.3. The van der Waals surface area contributed by atoms with Gasteiger partial charge in [0, 0.05) is 18.8 Å². The van der Waals surface area contributed by atoms with E-state index in [0.717, 1.165) is 11.1 Å². The van der Waals surface area contributed by atoms with Crippen molar-refractivity contribution >= 4 is 5.91 Å². The summed E-state index contributed by atoms with van der Waals surface area (Å²) >= 11 is 0. The molecule has 0 unspecified atom stereocenters. The highest BCUT2D eigenvalue weighted by molar-refractivity contribution is 6.00. The van der Waals surface area contributed by atoms with Gasteiger partial charge in [0.1, 0.15) is 5.69 Å². The van der Waals surface area contributed by atoms with E-state index in [1.807, 2.05) is 60.7 Å². The van der Waals surface area contributed by atoms with E-state index in [1.54, 1.807) is 17.9 Å². The fourth-order valence-electron chi connectivity index (χ4n) is 2.62. The Morgan fingerprint density at radius 2 is 1.75 bits per heavy atom. The zero-order chi connectivity index (χ0) is 16.9. The first-order valence-corrected chi connectivity index (χ1v) is 7.75. The van der Waals surface area contributed by atoms with Crippen LogP contribution in [0.4, 0.5) is 0 Å². The van der Waals surface area contributed by atoms with E-state index >= 15 is 0 Å². The van der Waals surface area contributed by atoms with E-state index in [-0.39, 0.29) is 12.5 Å². The van der Waals surface area contributed by atoms with Gasteiger partial charge in [-0.15, -0.1) is 0 Å². The van der Waals surface area contributed by atoms with Gasteiger partial charge in [-0.05, 0) is 5.56 Å². The van der Waals surface area contributed by atoms with Gasteiger partial charge in [0.25, 0.3) is 5.91 Å². The second kappa shape index (κ2) is 7.10. The highest BCUT2D eigenvalue weighted by Gasteiger charge is 2.20. The van der Waals surface area contributed by atoms with Crippen LogP contribution >= 0.6 is 0 Å². The summed E-state index contributed by atoms with van der Waals surface area (Å²) in [5.41, 5.74) is 2.85. The molecule has 2 aromatic carbocycles. The molecule has 0 saturated carbocycles. The molecular formula is C19H19N3O2. The Morgan fingerprint density at radius 3 is 2.38 bits per heavy atom. The largest absolute Gasteiger partial charge is 0.394 e. The SMILES string of the molecule is Cn1cc(C(=O)N[C@H](CO)c2ccccc2)c(-c2ccccc2)n1. The molecule has 0 bridgehead atoms. The summed E-state index contributed by atoms with van der Waals surface area (Å²) < 4.78 is 1.62. The van der Waals surface area contributed by atoms with Crippen LogP contribution in [0.1, 0.15) is 22.0 Å². The van der Waals surface area contributed by atoms with E-state index in [2.05, 4.69) is 10.4 Å². The number of aromatic nitrogens is 2. The Hall–Kier alpha value is -2.92. The minimum atomic E-state index is -0.456. The van der Waals surface area contributed by atoms with Gasteiger partial charge in [0.05, 0.1) is 18.2 Å². The molecule has 1 heterocycles. The smallest absolute Gasteiger partial charge is 0.255 e. The van der Waals surface area contributed by atoms with E-state index in [9.17, 15) is 9.90 Å². The molecule has 1 amide bonds. The summed E-state index contributed by atoms with van der Waals surface area (Å²) in [5.74, 6) is -0.259. The van der Waals surface area contributed by atoms with Crippen LogP contribution in [0.15, 0.2) is 66.9 Å². The lowest BCUT2D eigenvalue weighted by molar-refractivity contribution is 0.0916. The maximum Gasteiger partial charge on any atom is 0.255 e. The first-order valence-electron chi connectivity index (χ1n) is 7.75. The van der Waals surface area contributed by atoms with Crippen molar-refractivity contribution in [2.45, 2.75) is 6.04 Å². The van der Waals surface area contributed by atoms with Gasteiger partial charge in [-0.1, -0.05) is 60.7 Å². The van der Waals surface area contributed by atoms with Crippen molar-refractivity contribution in [2.75, 3.05) is 6.61 Å². The van der Waals surface area contributed by atoms with Crippen LogP contribution in [-0.4, -0.2) is 27.4 Å². The topological polar surface area (TPSA) is 67.2 Å². The number of nitrogens with zero attached hydrogens (tertiary/aromatic N) is 2. The summed E-state index contributed by atoms with van der Waals surface area (Å²) in [4.78, 5) is 12.7. The molecule has 0 aliphatic carbocycles. The zero-order valence-corrected chi connectivity index (χ0v) is 13.4. The van der Waals surface area contributed by atoms with Crippen LogP contribution in [0.25, 0.3) is 11.3 Å². The number of aliphatic hydroxyl groups excluding tert-OH is 1. The lowest BCUT2D eigenvalue weighted by Gasteiger charge is -2.16. The van der Waals surface area contributed by atoms with Crippen LogP contribution in [0.5, 0.6) is 0 Å². The maximum absolute atomic E-state index is 12.7. The Balaban J connectivity index is 1.88. The number of nitrogens with one attached hydrogen (secondary N) is 1. The maximum atomic E-state index is 12.7. The second-order valence-electron chi connectivity index (χ2n) is 5.55. The molecule has 5 heteroatoms. The molecule has 1 aromatic heterocycles. The Kier molecular flexibility index (Phi) is 4.72. The highest BCUT2D eigenvalue weighted by Crippen LogP contribution is 2.22. The normalized spacial score (nSPS) is 11.9. The monoisotopic (exact) mass is 321 g/mol. The third kappa shape index (κ3) is 3.36. The molecule has 2 N–H and O–H groups in total. The Bertz CT molecular complexity index is 813. The molecule has 0 saturated heterocycles. The van der Waals surface area contributed by atoms with E-state index in [0.29, 0.717) is 11.3 Å². The molecule has 0 radical (unpaired) electrons. The number of hydrogen-bond acceptors (Lipinski definition) is 3. The van der Waals surface area contributed by atoms with Gasteiger partial charge in [-0.3, -0.25) is 9.48 Å². The quantitative estimate of drug-likeness (QED) is 0.759. The number of carbonyl (C=O) groups is 1. The molecule has 1 atom stereocenters. The number of aryl methyl sites for hydroxylation is 1. The zero-order valence-electron chi connectivity index (χ0n) is 13.4. The first kappa shape index (κ1) is 16.0. The average Bonchev–Trinajstić information content (AvgIpc) is 3.03. The number of aliphatic hydroxyl groups is 1. The molecule has 0 aliphatic heterocycles. The fraction of sp³-hybridized carbons (Fsp3) is 0.158. The van der Waals surface area contributed by atoms with Crippen molar-refractivity contribution in [3.63, 3.8) is 0 Å². The Morgan fingerprint density at radius 1 is 1.12 bits per heavy atom. The number of amides is 1. The van der Waals surface area contributed by atoms with Crippen molar-refractivity contribution in [3.8, 4) is 11.3 Å². The first-order chi connectivity index (χ1) is 11.7. The van der Waals surface area contributed by atoms with Gasteiger partial charge in [0.2, 0.25) is 0 Å². The molecule has 0 fully saturated rings. The predicted molar refractivity (Wildman–Crippen MR) is 92.4 cm³/mol. The van der Waals surface area contributed by atoms with Crippen molar-refractivity contribution in [1.29, 1.82) is 0 Å². The minimum absolute atomic E-state index is 0.170. The number of rotatable bonds is 5. The number of hydrogen-bond donors (Lipinski definition) is 2. The summed E-state index contributed by atoms with van der Waals surface area (Å²) in [5, 5.41) is 16.9. The van der Waals surface area contributed by atoms with E-state index in [1.165, 1.54) is 0 Å². The second-order valence-corrected chi connectivity index (χ2v) is 5.55. The molecule has 3 rings (SSSR count). The molecule has 0 aliphatic rings. The summed E-state index contributed by atoms with van der Waals surface area (Å²) in [7, 11) is 1.78. The van der Waals surface area contributed by atoms with Crippen molar-refractivity contribution in [2.24, 2.45) is 7.05 Å². The number of benzene rings is 2. The van der Waals surface area contributed by atoms with Crippen LogP contribution in [0.2, 0.25) is 0 Å². The lowest BCUT2D eigenvalue weighted by atomic mass is 10.1. The van der Waals surface area contributed by atoms with Gasteiger partial charge >= 0.3 is 0 Å². The number of carbonyl (C=O) groups excluding carboxylic acids is 1. The van der Waals surface area contributed by atoms with Crippen molar-refractivity contribution in [1.82, 2.24) is 15.1 Å². The third-order valence-electron chi connectivity index (χ3n) is 3.81. The molecule has 5 nitrogen and oxygen atoms in total. The van der Waals surface area contributed by atoms with Crippen molar-refractivity contribution < 1.29 is 9.90 Å². The average molecular weight is 321 g/mol. The van der Waals surface area contributed by atoms with Gasteiger partial charge in [-0.25, -0.2) is 0 Å². The van der Waals surface area contributed by atoms with Crippen LogP contribution in [0, 0.1) is 0 Å². The summed E-state index contributed by atoms with van der Waals surface area (Å²) in [6, 6.07) is 18.5. The molecule has 0 spiro atoms. The minimum Gasteiger partial charge on any atom is -0.394 e. The Labute approximate surface area is 140 Å². The standard InChI is InChI=1S/C19H19N3O2/c1-22-12-16(18(21-22)15-10-6-3-7-11-15)19(24)20-17(13-23)14-8-4-2-5-9-14/h2-12,17,23H,13H2,1H3,(H,20,24)/t17-/m1/s1. The van der Waals surface area contributed by atoms with Gasteiger partial charge in [-0.2, -0.15) is 5.10 Å². The summed E-state index contributed by atoms with van der Waals surface area (Å²) in [6.07, 6.45) is 1.69. The molecule has 122 valence electrons. The molecular weight excluding hydrogens is 302 g/mol.